The normalized spacial score (nSPS) is 10.9. The molecule has 12 heteroatoms. The molecule has 0 aromatic heterocycles. The van der Waals surface area contributed by atoms with Crippen LogP contribution in [-0.2, 0) is 10.1 Å². The van der Waals surface area contributed by atoms with Gasteiger partial charge >= 0.3 is 6.03 Å². The molecule has 3 aromatic rings. The second kappa shape index (κ2) is 9.87. The second-order valence-electron chi connectivity index (χ2n) is 6.84. The average Bonchev–Trinajstić information content (AvgIpc) is 2.78. The van der Waals surface area contributed by atoms with Crippen molar-refractivity contribution in [1.29, 1.82) is 0 Å². The molecule has 0 aliphatic carbocycles. The lowest BCUT2D eigenvalue weighted by Crippen LogP contribution is -2.34. The SMILES string of the molecule is COc1c(-c2ccccc2S(=O)(=O)O)cc(C(=O)Nc2ccccc2)c(O)c1C(=S)NC(N)=O. The molecule has 0 aliphatic rings. The predicted molar refractivity (Wildman–Crippen MR) is 129 cm³/mol. The molecule has 0 saturated heterocycles. The lowest BCUT2D eigenvalue weighted by Gasteiger charge is -2.20. The first-order chi connectivity index (χ1) is 16.0. The molecule has 3 rings (SSSR count). The van der Waals surface area contributed by atoms with Crippen molar-refractivity contribution in [2.24, 2.45) is 5.73 Å². The van der Waals surface area contributed by atoms with Crippen molar-refractivity contribution in [1.82, 2.24) is 5.32 Å². The number of aromatic hydroxyl groups is 1. The molecule has 0 aliphatic heterocycles. The van der Waals surface area contributed by atoms with E-state index in [0.29, 0.717) is 5.69 Å². The molecule has 3 aromatic carbocycles. The number of urea groups is 1. The molecule has 0 atom stereocenters. The maximum Gasteiger partial charge on any atom is 0.317 e. The summed E-state index contributed by atoms with van der Waals surface area (Å²) in [4.78, 5) is 23.6. The van der Waals surface area contributed by atoms with E-state index < -0.39 is 32.7 Å². The van der Waals surface area contributed by atoms with Crippen LogP contribution in [-0.4, -0.2) is 42.1 Å². The van der Waals surface area contributed by atoms with Crippen molar-refractivity contribution in [2.75, 3.05) is 12.4 Å². The summed E-state index contributed by atoms with van der Waals surface area (Å²) in [5.74, 6) is -1.57. The van der Waals surface area contributed by atoms with Gasteiger partial charge in [-0.15, -0.1) is 0 Å². The van der Waals surface area contributed by atoms with Crippen LogP contribution in [0.4, 0.5) is 10.5 Å². The Bertz CT molecular complexity index is 1390. The van der Waals surface area contributed by atoms with E-state index in [1.165, 1.54) is 31.4 Å². The number of carbonyl (C=O) groups excluding carboxylic acids is 2. The highest BCUT2D eigenvalue weighted by molar-refractivity contribution is 7.86. The van der Waals surface area contributed by atoms with Crippen LogP contribution in [0.2, 0.25) is 0 Å². The van der Waals surface area contributed by atoms with Crippen LogP contribution in [0.3, 0.4) is 0 Å². The molecule has 0 saturated carbocycles. The number of amides is 3. The number of para-hydroxylation sites is 1. The van der Waals surface area contributed by atoms with E-state index in [-0.39, 0.29) is 33.0 Å². The van der Waals surface area contributed by atoms with Gasteiger partial charge in [0, 0.05) is 16.8 Å². The number of benzene rings is 3. The Balaban J connectivity index is 2.33. The van der Waals surface area contributed by atoms with Crippen molar-refractivity contribution in [3.05, 3.63) is 71.8 Å². The number of nitrogens with one attached hydrogen (secondary N) is 2. The Morgan fingerprint density at radius 1 is 1.03 bits per heavy atom. The number of phenolic OH excluding ortho intramolecular Hbond substituents is 1. The molecule has 0 unspecified atom stereocenters. The Morgan fingerprint density at radius 3 is 2.24 bits per heavy atom. The van der Waals surface area contributed by atoms with Crippen molar-refractivity contribution < 1.29 is 32.4 Å². The van der Waals surface area contributed by atoms with Crippen LogP contribution in [0.1, 0.15) is 15.9 Å². The first-order valence-electron chi connectivity index (χ1n) is 9.52. The summed E-state index contributed by atoms with van der Waals surface area (Å²) in [6.07, 6.45) is 0. The van der Waals surface area contributed by atoms with Gasteiger partial charge in [0.25, 0.3) is 16.0 Å². The Hall–Kier alpha value is -4.00. The quantitative estimate of drug-likeness (QED) is 0.254. The largest absolute Gasteiger partial charge is 0.506 e. The van der Waals surface area contributed by atoms with E-state index in [9.17, 15) is 27.7 Å². The summed E-state index contributed by atoms with van der Waals surface area (Å²) in [6.45, 7) is 0. The molecule has 176 valence electrons. The number of anilines is 1. The molecule has 0 heterocycles. The van der Waals surface area contributed by atoms with Gasteiger partial charge in [-0.05, 0) is 24.3 Å². The first-order valence-corrected chi connectivity index (χ1v) is 11.4. The standard InChI is InChI=1S/C22H19N3O7S2/c1-32-19-14(13-9-5-6-10-16(13)34(29,30)31)11-15(18(26)17(19)21(33)25-22(23)28)20(27)24-12-7-3-2-4-8-12/h2-11,26H,1H3,(H,24,27)(H,29,30,31)(H3,23,25,28,33). The number of hydrogen-bond acceptors (Lipinski definition) is 7. The third-order valence-corrected chi connectivity index (χ3v) is 5.87. The minimum atomic E-state index is -4.69. The zero-order valence-electron chi connectivity index (χ0n) is 17.6. The van der Waals surface area contributed by atoms with Crippen molar-refractivity contribution >= 4 is 45.0 Å². The third-order valence-electron chi connectivity index (χ3n) is 4.65. The number of nitrogens with two attached hydrogens (primary N) is 1. The molecule has 10 nitrogen and oxygen atoms in total. The van der Waals surface area contributed by atoms with E-state index >= 15 is 0 Å². The number of thiocarbonyl (C=S) groups is 1. The van der Waals surface area contributed by atoms with Gasteiger partial charge in [-0.25, -0.2) is 4.79 Å². The molecule has 0 radical (unpaired) electrons. The maximum atomic E-state index is 13.1. The smallest absolute Gasteiger partial charge is 0.317 e. The van der Waals surface area contributed by atoms with Gasteiger partial charge in [0.05, 0.1) is 18.2 Å². The van der Waals surface area contributed by atoms with E-state index in [2.05, 4.69) is 10.6 Å². The third kappa shape index (κ3) is 5.14. The van der Waals surface area contributed by atoms with E-state index in [0.717, 1.165) is 6.07 Å². The van der Waals surface area contributed by atoms with E-state index in [4.69, 9.17) is 22.7 Å². The minimum Gasteiger partial charge on any atom is -0.506 e. The van der Waals surface area contributed by atoms with Crippen LogP contribution in [0.25, 0.3) is 11.1 Å². The minimum absolute atomic E-state index is 0.00430. The summed E-state index contributed by atoms with van der Waals surface area (Å²) in [5.41, 5.74) is 4.93. The van der Waals surface area contributed by atoms with Crippen LogP contribution >= 0.6 is 12.2 Å². The molecule has 3 amide bonds. The fourth-order valence-corrected chi connectivity index (χ4v) is 4.26. The van der Waals surface area contributed by atoms with Gasteiger partial charge in [0.2, 0.25) is 0 Å². The summed E-state index contributed by atoms with van der Waals surface area (Å²) in [5, 5.41) is 15.7. The number of primary amides is 1. The summed E-state index contributed by atoms with van der Waals surface area (Å²) in [7, 11) is -3.47. The summed E-state index contributed by atoms with van der Waals surface area (Å²) in [6, 6.07) is 13.9. The number of methoxy groups -OCH3 is 1. The lowest BCUT2D eigenvalue weighted by atomic mass is 9.96. The van der Waals surface area contributed by atoms with Gasteiger partial charge in [0.15, 0.2) is 0 Å². The Kier molecular flexibility index (Phi) is 7.15. The van der Waals surface area contributed by atoms with Gasteiger partial charge in [-0.1, -0.05) is 48.6 Å². The molecular formula is C22H19N3O7S2. The topological polar surface area (TPSA) is 168 Å². The van der Waals surface area contributed by atoms with Crippen molar-refractivity contribution in [2.45, 2.75) is 4.90 Å². The number of ether oxygens (including phenoxy) is 1. The fraction of sp³-hybridized carbons (Fsp3) is 0.0455. The van der Waals surface area contributed by atoms with Crippen LogP contribution in [0.5, 0.6) is 11.5 Å². The predicted octanol–water partition coefficient (Wildman–Crippen LogP) is 2.91. The lowest BCUT2D eigenvalue weighted by molar-refractivity contribution is 0.102. The molecule has 34 heavy (non-hydrogen) atoms. The van der Waals surface area contributed by atoms with E-state index in [1.807, 2.05) is 0 Å². The highest BCUT2D eigenvalue weighted by Crippen LogP contribution is 2.43. The van der Waals surface area contributed by atoms with Crippen LogP contribution in [0.15, 0.2) is 65.6 Å². The molecule has 0 fully saturated rings. The van der Waals surface area contributed by atoms with E-state index in [1.54, 1.807) is 30.3 Å². The second-order valence-corrected chi connectivity index (χ2v) is 8.64. The monoisotopic (exact) mass is 501 g/mol. The zero-order chi connectivity index (χ0) is 25.0. The highest BCUT2D eigenvalue weighted by Gasteiger charge is 2.28. The first kappa shape index (κ1) is 24.6. The molecule has 0 bridgehead atoms. The molecular weight excluding hydrogens is 482 g/mol. The molecule has 0 spiro atoms. The van der Waals surface area contributed by atoms with Gasteiger partial charge in [-0.3, -0.25) is 14.7 Å². The number of rotatable bonds is 6. The van der Waals surface area contributed by atoms with Crippen LogP contribution in [0, 0.1) is 0 Å². The maximum absolute atomic E-state index is 13.1. The van der Waals surface area contributed by atoms with Crippen LogP contribution < -0.4 is 21.1 Å². The number of phenols is 1. The van der Waals surface area contributed by atoms with Crippen molar-refractivity contribution in [3.8, 4) is 22.6 Å². The highest BCUT2D eigenvalue weighted by atomic mass is 32.2. The Labute approximate surface area is 200 Å². The average molecular weight is 502 g/mol. The summed E-state index contributed by atoms with van der Waals surface area (Å²) < 4.78 is 39.1. The zero-order valence-corrected chi connectivity index (χ0v) is 19.2. The fourth-order valence-electron chi connectivity index (χ4n) is 3.26. The summed E-state index contributed by atoms with van der Waals surface area (Å²) >= 11 is 5.18. The molecule has 6 N–H and O–H groups in total. The number of carbonyl (C=O) groups is 2. The number of hydrogen-bond donors (Lipinski definition) is 5. The van der Waals surface area contributed by atoms with Gasteiger partial charge in [-0.2, -0.15) is 8.42 Å². The van der Waals surface area contributed by atoms with Gasteiger partial charge < -0.3 is 20.9 Å². The Morgan fingerprint density at radius 2 is 1.65 bits per heavy atom. The van der Waals surface area contributed by atoms with Crippen molar-refractivity contribution in [3.63, 3.8) is 0 Å². The van der Waals surface area contributed by atoms with Gasteiger partial charge in [0.1, 0.15) is 21.4 Å².